The van der Waals surface area contributed by atoms with Gasteiger partial charge in [0, 0.05) is 19.1 Å². The number of rotatable bonds is 8. The van der Waals surface area contributed by atoms with Gasteiger partial charge in [-0.3, -0.25) is 14.5 Å². The Balaban J connectivity index is 1.84. The minimum atomic E-state index is -0.548. The zero-order valence-electron chi connectivity index (χ0n) is 17.4. The Morgan fingerprint density at radius 3 is 2.61 bits per heavy atom. The molecule has 9 heteroatoms. The van der Waals surface area contributed by atoms with E-state index in [2.05, 4.69) is 21.2 Å². The number of para-hydroxylation sites is 1. The van der Waals surface area contributed by atoms with Gasteiger partial charge in [0.25, 0.3) is 5.91 Å². The standard InChI is InChI=1S/C22H23BrN2O5S/c1-28-17-9-8-14(10-15(17)23)11-19-22(27)25(16-6-4-5-7-18(16)31-19)13-20(26)24-12-21(29-2)30-3/h4-11,21H,12-13H2,1-3H3,(H,24,26)/b19-11+. The maximum absolute atomic E-state index is 13.3. The van der Waals surface area contributed by atoms with Crippen LogP contribution in [0.25, 0.3) is 6.08 Å². The first-order valence-electron chi connectivity index (χ1n) is 9.43. The number of thioether (sulfide) groups is 1. The molecule has 164 valence electrons. The number of fused-ring (bicyclic) bond motifs is 1. The number of amides is 2. The van der Waals surface area contributed by atoms with E-state index in [0.29, 0.717) is 16.3 Å². The van der Waals surface area contributed by atoms with E-state index in [1.807, 2.05) is 48.5 Å². The second kappa shape index (κ2) is 10.8. The fourth-order valence-corrected chi connectivity index (χ4v) is 4.62. The molecule has 0 fully saturated rings. The van der Waals surface area contributed by atoms with E-state index in [0.717, 1.165) is 14.9 Å². The Bertz CT molecular complexity index is 994. The average molecular weight is 507 g/mol. The highest BCUT2D eigenvalue weighted by molar-refractivity contribution is 9.10. The predicted molar refractivity (Wildman–Crippen MR) is 124 cm³/mol. The Morgan fingerprint density at radius 1 is 1.19 bits per heavy atom. The van der Waals surface area contributed by atoms with Crippen molar-refractivity contribution in [2.45, 2.75) is 11.2 Å². The molecule has 0 atom stereocenters. The van der Waals surface area contributed by atoms with Gasteiger partial charge in [0.2, 0.25) is 5.91 Å². The van der Waals surface area contributed by atoms with E-state index in [1.54, 1.807) is 7.11 Å². The van der Waals surface area contributed by atoms with Gasteiger partial charge >= 0.3 is 0 Å². The van der Waals surface area contributed by atoms with Crippen LogP contribution in [0.2, 0.25) is 0 Å². The molecule has 0 aliphatic carbocycles. The zero-order chi connectivity index (χ0) is 22.4. The normalized spacial score (nSPS) is 14.7. The molecule has 31 heavy (non-hydrogen) atoms. The Labute approximate surface area is 193 Å². The first-order valence-corrected chi connectivity index (χ1v) is 11.0. The van der Waals surface area contributed by atoms with Crippen LogP contribution < -0.4 is 15.0 Å². The molecule has 1 heterocycles. The summed E-state index contributed by atoms with van der Waals surface area (Å²) >= 11 is 4.85. The Morgan fingerprint density at radius 2 is 1.94 bits per heavy atom. The third-order valence-electron chi connectivity index (χ3n) is 4.60. The highest BCUT2D eigenvalue weighted by Gasteiger charge is 2.30. The van der Waals surface area contributed by atoms with E-state index in [4.69, 9.17) is 14.2 Å². The van der Waals surface area contributed by atoms with Gasteiger partial charge < -0.3 is 19.5 Å². The highest BCUT2D eigenvalue weighted by atomic mass is 79.9. The topological polar surface area (TPSA) is 77.1 Å². The summed E-state index contributed by atoms with van der Waals surface area (Å²) in [5.74, 6) is 0.167. The van der Waals surface area contributed by atoms with Crippen molar-refractivity contribution in [2.75, 3.05) is 39.3 Å². The molecule has 1 N–H and O–H groups in total. The molecule has 2 aromatic carbocycles. The summed E-state index contributed by atoms with van der Waals surface area (Å²) in [5, 5.41) is 2.74. The van der Waals surface area contributed by atoms with Crippen LogP contribution in [0.15, 0.2) is 56.7 Å². The van der Waals surface area contributed by atoms with Gasteiger partial charge in [0.15, 0.2) is 6.29 Å². The van der Waals surface area contributed by atoms with Gasteiger partial charge in [-0.1, -0.05) is 30.0 Å². The first-order chi connectivity index (χ1) is 15.0. The lowest BCUT2D eigenvalue weighted by molar-refractivity contribution is -0.127. The van der Waals surface area contributed by atoms with Crippen LogP contribution in [0.4, 0.5) is 5.69 Å². The number of hydrogen-bond donors (Lipinski definition) is 1. The smallest absolute Gasteiger partial charge is 0.265 e. The number of nitrogens with zero attached hydrogens (tertiary/aromatic N) is 1. The number of methoxy groups -OCH3 is 3. The largest absolute Gasteiger partial charge is 0.496 e. The third kappa shape index (κ3) is 5.68. The predicted octanol–water partition coefficient (Wildman–Crippen LogP) is 3.67. The van der Waals surface area contributed by atoms with Gasteiger partial charge in [0.1, 0.15) is 12.3 Å². The fourth-order valence-electron chi connectivity index (χ4n) is 3.00. The second-order valence-electron chi connectivity index (χ2n) is 6.57. The van der Waals surface area contributed by atoms with Gasteiger partial charge in [-0.05, 0) is 51.8 Å². The highest BCUT2D eigenvalue weighted by Crippen LogP contribution is 2.42. The summed E-state index contributed by atoms with van der Waals surface area (Å²) in [4.78, 5) is 28.7. The van der Waals surface area contributed by atoms with Crippen LogP contribution in [0.5, 0.6) is 5.75 Å². The number of carbonyl (C=O) groups is 2. The summed E-state index contributed by atoms with van der Waals surface area (Å²) < 4.78 is 16.2. The molecule has 2 amide bonds. The van der Waals surface area contributed by atoms with E-state index < -0.39 is 6.29 Å². The number of anilines is 1. The minimum absolute atomic E-state index is 0.111. The lowest BCUT2D eigenvalue weighted by Crippen LogP contribution is -2.44. The monoisotopic (exact) mass is 506 g/mol. The van der Waals surface area contributed by atoms with E-state index in [9.17, 15) is 9.59 Å². The zero-order valence-corrected chi connectivity index (χ0v) is 19.8. The van der Waals surface area contributed by atoms with Crippen molar-refractivity contribution in [3.8, 4) is 5.75 Å². The third-order valence-corrected chi connectivity index (χ3v) is 6.30. The van der Waals surface area contributed by atoms with Crippen LogP contribution in [0.3, 0.4) is 0 Å². The van der Waals surface area contributed by atoms with Crippen LogP contribution in [-0.2, 0) is 19.1 Å². The SMILES string of the molecule is COc1ccc(/C=C2/Sc3ccccc3N(CC(=O)NCC(OC)OC)C2=O)cc1Br. The minimum Gasteiger partial charge on any atom is -0.496 e. The molecule has 7 nitrogen and oxygen atoms in total. The molecular formula is C22H23BrN2O5S. The molecule has 0 radical (unpaired) electrons. The van der Waals surface area contributed by atoms with Crippen molar-refractivity contribution >= 4 is 51.3 Å². The quantitative estimate of drug-likeness (QED) is 0.434. The van der Waals surface area contributed by atoms with Crippen molar-refractivity contribution < 1.29 is 23.8 Å². The van der Waals surface area contributed by atoms with Crippen molar-refractivity contribution in [3.05, 3.63) is 57.4 Å². The molecule has 2 aromatic rings. The number of ether oxygens (including phenoxy) is 3. The average Bonchev–Trinajstić information content (AvgIpc) is 2.77. The number of halogens is 1. The molecule has 0 aromatic heterocycles. The lowest BCUT2D eigenvalue weighted by Gasteiger charge is -2.30. The number of hydrogen-bond acceptors (Lipinski definition) is 6. The van der Waals surface area contributed by atoms with Gasteiger partial charge in [0.05, 0.1) is 28.7 Å². The van der Waals surface area contributed by atoms with Gasteiger partial charge in [-0.25, -0.2) is 0 Å². The molecule has 1 aliphatic rings. The summed E-state index contributed by atoms with van der Waals surface area (Å²) in [6.45, 7) is 0.0764. The summed E-state index contributed by atoms with van der Waals surface area (Å²) in [6, 6.07) is 13.1. The lowest BCUT2D eigenvalue weighted by atomic mass is 10.2. The van der Waals surface area contributed by atoms with Crippen LogP contribution in [-0.4, -0.2) is 52.5 Å². The summed E-state index contributed by atoms with van der Waals surface area (Å²) in [6.07, 6.45) is 1.26. The molecule has 0 spiro atoms. The van der Waals surface area contributed by atoms with Crippen LogP contribution >= 0.6 is 27.7 Å². The first kappa shape index (κ1) is 23.3. The number of benzene rings is 2. The molecule has 0 unspecified atom stereocenters. The van der Waals surface area contributed by atoms with E-state index in [1.165, 1.54) is 30.9 Å². The van der Waals surface area contributed by atoms with Gasteiger partial charge in [-0.2, -0.15) is 0 Å². The second-order valence-corrected chi connectivity index (χ2v) is 8.51. The maximum atomic E-state index is 13.3. The summed E-state index contributed by atoms with van der Waals surface area (Å²) in [5.41, 5.74) is 1.55. The fraction of sp³-hybridized carbons (Fsp3) is 0.273. The Kier molecular flexibility index (Phi) is 8.14. The molecule has 0 bridgehead atoms. The van der Waals surface area contributed by atoms with Crippen molar-refractivity contribution in [1.82, 2.24) is 5.32 Å². The molecule has 1 aliphatic heterocycles. The van der Waals surface area contributed by atoms with E-state index in [-0.39, 0.29) is 24.9 Å². The van der Waals surface area contributed by atoms with Crippen LogP contribution in [0, 0.1) is 0 Å². The van der Waals surface area contributed by atoms with E-state index >= 15 is 0 Å². The van der Waals surface area contributed by atoms with Crippen LogP contribution in [0.1, 0.15) is 5.56 Å². The summed E-state index contributed by atoms with van der Waals surface area (Å²) in [7, 11) is 4.59. The number of carbonyl (C=O) groups excluding carboxylic acids is 2. The van der Waals surface area contributed by atoms with Crippen molar-refractivity contribution in [1.29, 1.82) is 0 Å². The molecule has 0 saturated carbocycles. The molecular weight excluding hydrogens is 484 g/mol. The maximum Gasteiger partial charge on any atom is 0.265 e. The van der Waals surface area contributed by atoms with Gasteiger partial charge in [-0.15, -0.1) is 0 Å². The van der Waals surface area contributed by atoms with Crippen molar-refractivity contribution in [2.24, 2.45) is 0 Å². The van der Waals surface area contributed by atoms with Crippen molar-refractivity contribution in [3.63, 3.8) is 0 Å². The molecule has 3 rings (SSSR count). The Hall–Kier alpha value is -2.33. The number of nitrogens with one attached hydrogen (secondary N) is 1. The molecule has 0 saturated heterocycles.